The van der Waals surface area contributed by atoms with Crippen molar-refractivity contribution in [2.24, 2.45) is 0 Å². The first-order chi connectivity index (χ1) is 7.31. The van der Waals surface area contributed by atoms with Crippen molar-refractivity contribution in [2.45, 2.75) is 18.9 Å². The number of halogens is 1. The van der Waals surface area contributed by atoms with E-state index in [1.807, 2.05) is 12.1 Å². The third kappa shape index (κ3) is 2.51. The molecule has 1 aliphatic rings. The minimum Gasteiger partial charge on any atom is -0.493 e. The number of rotatable bonds is 2. The Hall–Kier alpha value is -0.580. The molecule has 1 aromatic carbocycles. The van der Waals surface area contributed by atoms with Crippen molar-refractivity contribution in [1.29, 1.82) is 0 Å². The molecule has 1 unspecified atom stereocenters. The molecule has 1 N–H and O–H groups in total. The molecule has 1 aliphatic heterocycles. The highest BCUT2D eigenvalue weighted by molar-refractivity contribution is 9.10. The Bertz CT molecular complexity index is 343. The minimum atomic E-state index is 0.223. The molecule has 0 aromatic heterocycles. The van der Waals surface area contributed by atoms with Crippen molar-refractivity contribution in [3.05, 3.63) is 28.2 Å². The predicted octanol–water partition coefficient (Wildman–Crippen LogP) is 2.81. The first-order valence-corrected chi connectivity index (χ1v) is 5.81. The standard InChI is InChI=1S/C11H14BrNO2/c1-14-13-10-3-2-6-15-11-7-8(12)4-5-9(10)11/h4-5,7,10,13H,2-3,6H2,1H3. The van der Waals surface area contributed by atoms with Crippen LogP contribution in [0.25, 0.3) is 0 Å². The normalized spacial score (nSPS) is 20.3. The van der Waals surface area contributed by atoms with Gasteiger partial charge in [0.15, 0.2) is 0 Å². The van der Waals surface area contributed by atoms with Crippen molar-refractivity contribution in [1.82, 2.24) is 5.48 Å². The van der Waals surface area contributed by atoms with Gasteiger partial charge in [0.25, 0.3) is 0 Å². The minimum absolute atomic E-state index is 0.223. The van der Waals surface area contributed by atoms with Gasteiger partial charge >= 0.3 is 0 Å². The summed E-state index contributed by atoms with van der Waals surface area (Å²) in [7, 11) is 1.64. The van der Waals surface area contributed by atoms with Gasteiger partial charge in [-0.3, -0.25) is 0 Å². The van der Waals surface area contributed by atoms with E-state index in [0.717, 1.165) is 35.2 Å². The van der Waals surface area contributed by atoms with Gasteiger partial charge in [0.2, 0.25) is 0 Å². The summed E-state index contributed by atoms with van der Waals surface area (Å²) in [5, 5.41) is 0. The van der Waals surface area contributed by atoms with E-state index in [2.05, 4.69) is 27.5 Å². The molecule has 0 spiro atoms. The predicted molar refractivity (Wildman–Crippen MR) is 61.8 cm³/mol. The molecule has 82 valence electrons. The van der Waals surface area contributed by atoms with Crippen LogP contribution in [0, 0.1) is 0 Å². The van der Waals surface area contributed by atoms with Crippen LogP contribution in [0.3, 0.4) is 0 Å². The van der Waals surface area contributed by atoms with E-state index in [9.17, 15) is 0 Å². The van der Waals surface area contributed by atoms with E-state index >= 15 is 0 Å². The maximum absolute atomic E-state index is 5.68. The number of hydroxylamine groups is 1. The summed E-state index contributed by atoms with van der Waals surface area (Å²) in [4.78, 5) is 5.01. The summed E-state index contributed by atoms with van der Waals surface area (Å²) in [5.41, 5.74) is 4.17. The zero-order chi connectivity index (χ0) is 10.7. The van der Waals surface area contributed by atoms with Crippen LogP contribution in [0.5, 0.6) is 5.75 Å². The van der Waals surface area contributed by atoms with E-state index in [0.29, 0.717) is 0 Å². The van der Waals surface area contributed by atoms with Gasteiger partial charge in [0, 0.05) is 10.0 Å². The summed E-state index contributed by atoms with van der Waals surface area (Å²) < 4.78 is 6.72. The molecule has 0 fully saturated rings. The van der Waals surface area contributed by atoms with Crippen LogP contribution in [0.15, 0.2) is 22.7 Å². The van der Waals surface area contributed by atoms with Crippen LogP contribution in [-0.4, -0.2) is 13.7 Å². The highest BCUT2D eigenvalue weighted by Gasteiger charge is 2.19. The average Bonchev–Trinajstić information content (AvgIpc) is 2.41. The fourth-order valence-electron chi connectivity index (χ4n) is 1.81. The zero-order valence-electron chi connectivity index (χ0n) is 8.63. The SMILES string of the molecule is CONC1CCCOc2cc(Br)ccc21. The second-order valence-corrected chi connectivity index (χ2v) is 4.46. The fraction of sp³-hybridized carbons (Fsp3) is 0.455. The monoisotopic (exact) mass is 271 g/mol. The lowest BCUT2D eigenvalue weighted by Crippen LogP contribution is -2.19. The van der Waals surface area contributed by atoms with Gasteiger partial charge in [-0.15, -0.1) is 0 Å². The second kappa shape index (κ2) is 4.96. The molecule has 0 saturated carbocycles. The van der Waals surface area contributed by atoms with E-state index in [-0.39, 0.29) is 6.04 Å². The number of hydrogen-bond donors (Lipinski definition) is 1. The van der Waals surface area contributed by atoms with Gasteiger partial charge in [-0.25, -0.2) is 0 Å². The molecule has 15 heavy (non-hydrogen) atoms. The lowest BCUT2D eigenvalue weighted by atomic mass is 10.0. The number of ether oxygens (including phenoxy) is 1. The summed E-state index contributed by atoms with van der Waals surface area (Å²) in [5.74, 6) is 0.941. The Morgan fingerprint density at radius 3 is 3.20 bits per heavy atom. The number of nitrogens with one attached hydrogen (secondary N) is 1. The Morgan fingerprint density at radius 1 is 1.53 bits per heavy atom. The maximum Gasteiger partial charge on any atom is 0.125 e. The van der Waals surface area contributed by atoms with Crippen molar-refractivity contribution in [3.8, 4) is 5.75 Å². The highest BCUT2D eigenvalue weighted by atomic mass is 79.9. The highest BCUT2D eigenvalue weighted by Crippen LogP contribution is 2.33. The molecule has 0 saturated heterocycles. The third-order valence-electron chi connectivity index (χ3n) is 2.51. The summed E-state index contributed by atoms with van der Waals surface area (Å²) in [6, 6.07) is 6.32. The van der Waals surface area contributed by atoms with Crippen LogP contribution < -0.4 is 10.2 Å². The van der Waals surface area contributed by atoms with Gasteiger partial charge in [0.05, 0.1) is 19.8 Å². The molecule has 0 bridgehead atoms. The van der Waals surface area contributed by atoms with Crippen molar-refractivity contribution in [3.63, 3.8) is 0 Å². The van der Waals surface area contributed by atoms with E-state index < -0.39 is 0 Å². The molecule has 2 rings (SSSR count). The van der Waals surface area contributed by atoms with E-state index in [1.165, 1.54) is 0 Å². The van der Waals surface area contributed by atoms with Gasteiger partial charge < -0.3 is 9.57 Å². The third-order valence-corrected chi connectivity index (χ3v) is 3.00. The molecule has 0 amide bonds. The van der Waals surface area contributed by atoms with E-state index in [1.54, 1.807) is 7.11 Å². The second-order valence-electron chi connectivity index (χ2n) is 3.55. The first-order valence-electron chi connectivity index (χ1n) is 5.02. The van der Waals surface area contributed by atoms with Gasteiger partial charge in [-0.2, -0.15) is 5.48 Å². The smallest absolute Gasteiger partial charge is 0.125 e. The number of benzene rings is 1. The molecule has 1 atom stereocenters. The quantitative estimate of drug-likeness (QED) is 0.840. The van der Waals surface area contributed by atoms with Crippen LogP contribution >= 0.6 is 15.9 Å². The lowest BCUT2D eigenvalue weighted by Gasteiger charge is -2.16. The van der Waals surface area contributed by atoms with Crippen LogP contribution in [0.1, 0.15) is 24.4 Å². The van der Waals surface area contributed by atoms with Crippen LogP contribution in [-0.2, 0) is 4.84 Å². The van der Waals surface area contributed by atoms with Crippen molar-refractivity contribution >= 4 is 15.9 Å². The lowest BCUT2D eigenvalue weighted by molar-refractivity contribution is 0.0579. The molecular weight excluding hydrogens is 258 g/mol. The Balaban J connectivity index is 2.32. The van der Waals surface area contributed by atoms with Gasteiger partial charge in [0.1, 0.15) is 5.75 Å². The van der Waals surface area contributed by atoms with Gasteiger partial charge in [-0.1, -0.05) is 22.0 Å². The molecule has 0 radical (unpaired) electrons. The Labute approximate surface area is 97.8 Å². The topological polar surface area (TPSA) is 30.5 Å². The molecule has 4 heteroatoms. The maximum atomic E-state index is 5.68. The number of hydrogen-bond acceptors (Lipinski definition) is 3. The Morgan fingerprint density at radius 2 is 2.40 bits per heavy atom. The van der Waals surface area contributed by atoms with Crippen LogP contribution in [0.4, 0.5) is 0 Å². The fourth-order valence-corrected chi connectivity index (χ4v) is 2.15. The molecule has 1 heterocycles. The Kier molecular flexibility index (Phi) is 3.61. The van der Waals surface area contributed by atoms with Crippen molar-refractivity contribution in [2.75, 3.05) is 13.7 Å². The zero-order valence-corrected chi connectivity index (χ0v) is 10.2. The molecule has 1 aromatic rings. The van der Waals surface area contributed by atoms with E-state index in [4.69, 9.17) is 9.57 Å². The van der Waals surface area contributed by atoms with Crippen LogP contribution in [0.2, 0.25) is 0 Å². The molecule has 0 aliphatic carbocycles. The first kappa shape index (κ1) is 10.9. The summed E-state index contributed by atoms with van der Waals surface area (Å²) >= 11 is 3.44. The largest absolute Gasteiger partial charge is 0.493 e. The summed E-state index contributed by atoms with van der Waals surface area (Å²) in [6.45, 7) is 0.769. The summed E-state index contributed by atoms with van der Waals surface area (Å²) in [6.07, 6.45) is 2.07. The molecule has 3 nitrogen and oxygen atoms in total. The average molecular weight is 272 g/mol. The van der Waals surface area contributed by atoms with Gasteiger partial charge in [-0.05, 0) is 25.0 Å². The number of fused-ring (bicyclic) bond motifs is 1. The van der Waals surface area contributed by atoms with Crippen molar-refractivity contribution < 1.29 is 9.57 Å². The molecular formula is C11H14BrNO2.